The molecule has 0 radical (unpaired) electrons. The van der Waals surface area contributed by atoms with Gasteiger partial charge in [0.2, 0.25) is 15.9 Å². The number of nitrogens with one attached hydrogen (secondary N) is 1. The standard InChI is InChI=1S/C20H23N3O4S/c1-4-28(25,26)22-16-11-9-15(10-12-16)18-13-19(23(21-18)14(2)24)17-7-5-6-8-20(17)27-3/h5-12,19,22H,4,13H2,1-3H3/t19-/m1/s1. The van der Waals surface area contributed by atoms with Crippen molar-refractivity contribution in [2.45, 2.75) is 26.3 Å². The number of rotatable bonds is 6. The predicted octanol–water partition coefficient (Wildman–Crippen LogP) is 3.15. The molecule has 8 heteroatoms. The Hall–Kier alpha value is -2.87. The number of methoxy groups -OCH3 is 1. The van der Waals surface area contributed by atoms with Crippen LogP contribution in [0.15, 0.2) is 53.6 Å². The fraction of sp³-hybridized carbons (Fsp3) is 0.300. The summed E-state index contributed by atoms with van der Waals surface area (Å²) in [5, 5.41) is 5.99. The summed E-state index contributed by atoms with van der Waals surface area (Å²) in [7, 11) is -1.72. The van der Waals surface area contributed by atoms with Crippen LogP contribution >= 0.6 is 0 Å². The quantitative estimate of drug-likeness (QED) is 0.805. The molecule has 2 aromatic carbocycles. The summed E-state index contributed by atoms with van der Waals surface area (Å²) in [5.74, 6) is 0.563. The molecular formula is C20H23N3O4S. The number of hydrogen-bond donors (Lipinski definition) is 1. The molecule has 148 valence electrons. The van der Waals surface area contributed by atoms with Crippen LogP contribution in [0.25, 0.3) is 0 Å². The highest BCUT2D eigenvalue weighted by Gasteiger charge is 2.33. The highest BCUT2D eigenvalue weighted by atomic mass is 32.2. The van der Waals surface area contributed by atoms with Gasteiger partial charge in [0.15, 0.2) is 0 Å². The van der Waals surface area contributed by atoms with Gasteiger partial charge in [-0.05, 0) is 30.7 Å². The first-order chi connectivity index (χ1) is 13.3. The van der Waals surface area contributed by atoms with Crippen molar-refractivity contribution in [2.24, 2.45) is 5.10 Å². The second-order valence-electron chi connectivity index (χ2n) is 6.45. The minimum absolute atomic E-state index is 0.00954. The second-order valence-corrected chi connectivity index (χ2v) is 8.47. The zero-order chi connectivity index (χ0) is 20.3. The van der Waals surface area contributed by atoms with Crippen molar-refractivity contribution in [3.63, 3.8) is 0 Å². The minimum atomic E-state index is -3.32. The fourth-order valence-electron chi connectivity index (χ4n) is 3.14. The Morgan fingerprint density at radius 1 is 1.21 bits per heavy atom. The van der Waals surface area contributed by atoms with Gasteiger partial charge in [0.25, 0.3) is 0 Å². The van der Waals surface area contributed by atoms with Crippen LogP contribution in [0.4, 0.5) is 5.69 Å². The minimum Gasteiger partial charge on any atom is -0.496 e. The van der Waals surface area contributed by atoms with Gasteiger partial charge in [0.1, 0.15) is 5.75 Å². The van der Waals surface area contributed by atoms with E-state index in [0.717, 1.165) is 16.8 Å². The number of hydrazone groups is 1. The number of anilines is 1. The molecule has 1 amide bonds. The summed E-state index contributed by atoms with van der Waals surface area (Å²) in [6, 6.07) is 14.3. The zero-order valence-electron chi connectivity index (χ0n) is 16.0. The van der Waals surface area contributed by atoms with Crippen molar-refractivity contribution in [3.8, 4) is 5.75 Å². The predicted molar refractivity (Wildman–Crippen MR) is 109 cm³/mol. The van der Waals surface area contributed by atoms with Crippen LogP contribution in [0.1, 0.15) is 37.4 Å². The molecule has 1 aliphatic rings. The van der Waals surface area contributed by atoms with Crippen molar-refractivity contribution in [2.75, 3.05) is 17.6 Å². The van der Waals surface area contributed by atoms with Crippen LogP contribution < -0.4 is 9.46 Å². The van der Waals surface area contributed by atoms with E-state index < -0.39 is 10.0 Å². The van der Waals surface area contributed by atoms with E-state index in [2.05, 4.69) is 9.82 Å². The molecule has 1 atom stereocenters. The van der Waals surface area contributed by atoms with Gasteiger partial charge in [-0.2, -0.15) is 5.10 Å². The van der Waals surface area contributed by atoms with E-state index in [1.807, 2.05) is 24.3 Å². The largest absolute Gasteiger partial charge is 0.496 e. The summed E-state index contributed by atoms with van der Waals surface area (Å²) in [5.41, 5.74) is 2.99. The Morgan fingerprint density at radius 3 is 2.50 bits per heavy atom. The van der Waals surface area contributed by atoms with E-state index in [1.165, 1.54) is 11.9 Å². The molecule has 0 spiro atoms. The highest BCUT2D eigenvalue weighted by Crippen LogP contribution is 2.37. The summed E-state index contributed by atoms with van der Waals surface area (Å²) in [6.45, 7) is 3.07. The molecule has 1 heterocycles. The first-order valence-corrected chi connectivity index (χ1v) is 10.6. The molecule has 1 N–H and O–H groups in total. The summed E-state index contributed by atoms with van der Waals surface area (Å²) in [4.78, 5) is 12.2. The monoisotopic (exact) mass is 401 g/mol. The molecule has 0 saturated heterocycles. The van der Waals surface area contributed by atoms with Crippen molar-refractivity contribution in [3.05, 3.63) is 59.7 Å². The smallest absolute Gasteiger partial charge is 0.240 e. The number of ether oxygens (including phenoxy) is 1. The lowest BCUT2D eigenvalue weighted by Crippen LogP contribution is -2.24. The molecule has 3 rings (SSSR count). The Balaban J connectivity index is 1.87. The average Bonchev–Trinajstić information content (AvgIpc) is 3.14. The van der Waals surface area contributed by atoms with Crippen LogP contribution in [0.5, 0.6) is 5.75 Å². The normalized spacial score (nSPS) is 16.6. The van der Waals surface area contributed by atoms with E-state index >= 15 is 0 Å². The Morgan fingerprint density at radius 2 is 1.89 bits per heavy atom. The van der Waals surface area contributed by atoms with E-state index in [9.17, 15) is 13.2 Å². The Bertz CT molecular complexity index is 1000. The number of nitrogens with zero attached hydrogens (tertiary/aromatic N) is 2. The van der Waals surface area contributed by atoms with Gasteiger partial charge in [-0.25, -0.2) is 13.4 Å². The fourth-order valence-corrected chi connectivity index (χ4v) is 3.78. The summed E-state index contributed by atoms with van der Waals surface area (Å²) >= 11 is 0. The van der Waals surface area contributed by atoms with Crippen molar-refractivity contribution in [1.82, 2.24) is 5.01 Å². The molecule has 0 unspecified atom stereocenters. The number of sulfonamides is 1. The van der Waals surface area contributed by atoms with Crippen molar-refractivity contribution >= 4 is 27.3 Å². The van der Waals surface area contributed by atoms with Crippen molar-refractivity contribution < 1.29 is 17.9 Å². The van der Waals surface area contributed by atoms with E-state index in [0.29, 0.717) is 17.9 Å². The molecule has 0 fully saturated rings. The maximum absolute atomic E-state index is 12.2. The third-order valence-electron chi connectivity index (χ3n) is 4.60. The number of benzene rings is 2. The molecule has 2 aromatic rings. The van der Waals surface area contributed by atoms with Crippen LogP contribution in [0.3, 0.4) is 0 Å². The molecule has 0 saturated carbocycles. The van der Waals surface area contributed by atoms with Gasteiger partial charge in [0.05, 0.1) is 24.6 Å². The molecule has 0 aromatic heterocycles. The SMILES string of the molecule is CCS(=O)(=O)Nc1ccc(C2=NN(C(C)=O)[C@@H](c3ccccc3OC)C2)cc1. The molecule has 7 nitrogen and oxygen atoms in total. The third-order valence-corrected chi connectivity index (χ3v) is 5.91. The molecule has 0 bridgehead atoms. The average molecular weight is 401 g/mol. The summed E-state index contributed by atoms with van der Waals surface area (Å²) in [6.07, 6.45) is 0.542. The lowest BCUT2D eigenvalue weighted by molar-refractivity contribution is -0.130. The van der Waals surface area contributed by atoms with Crippen molar-refractivity contribution in [1.29, 1.82) is 0 Å². The zero-order valence-corrected chi connectivity index (χ0v) is 16.9. The van der Waals surface area contributed by atoms with E-state index in [-0.39, 0.29) is 17.7 Å². The number of hydrogen-bond acceptors (Lipinski definition) is 5. The van der Waals surface area contributed by atoms with Crippen LogP contribution in [0.2, 0.25) is 0 Å². The van der Waals surface area contributed by atoms with E-state index in [1.54, 1.807) is 38.3 Å². The molecule has 0 aliphatic carbocycles. The maximum Gasteiger partial charge on any atom is 0.240 e. The van der Waals surface area contributed by atoms with Crippen LogP contribution in [-0.2, 0) is 14.8 Å². The van der Waals surface area contributed by atoms with E-state index in [4.69, 9.17) is 4.74 Å². The van der Waals surface area contributed by atoms with Gasteiger partial charge in [-0.15, -0.1) is 0 Å². The lowest BCUT2D eigenvalue weighted by Gasteiger charge is -2.22. The lowest BCUT2D eigenvalue weighted by atomic mass is 9.97. The molecule has 1 aliphatic heterocycles. The van der Waals surface area contributed by atoms with Gasteiger partial charge in [-0.1, -0.05) is 30.3 Å². The highest BCUT2D eigenvalue weighted by molar-refractivity contribution is 7.92. The molecular weight excluding hydrogens is 378 g/mol. The first-order valence-electron chi connectivity index (χ1n) is 8.95. The van der Waals surface area contributed by atoms with Crippen LogP contribution in [-0.4, -0.2) is 37.9 Å². The number of carbonyl (C=O) groups excluding carboxylic acids is 1. The van der Waals surface area contributed by atoms with Gasteiger partial charge in [0, 0.05) is 24.6 Å². The number of amides is 1. The van der Waals surface area contributed by atoms with Gasteiger partial charge >= 0.3 is 0 Å². The van der Waals surface area contributed by atoms with Gasteiger partial charge in [-0.3, -0.25) is 9.52 Å². The first kappa shape index (κ1) is 19.9. The number of para-hydroxylation sites is 1. The maximum atomic E-state index is 12.2. The Labute approximate surface area is 165 Å². The van der Waals surface area contributed by atoms with Crippen LogP contribution in [0, 0.1) is 0 Å². The summed E-state index contributed by atoms with van der Waals surface area (Å²) < 4.78 is 31.4. The van der Waals surface area contributed by atoms with Gasteiger partial charge < -0.3 is 4.74 Å². The topological polar surface area (TPSA) is 88.1 Å². The molecule has 28 heavy (non-hydrogen) atoms. The third kappa shape index (κ3) is 4.17. The Kier molecular flexibility index (Phi) is 5.69. The number of carbonyl (C=O) groups is 1. The second kappa shape index (κ2) is 8.02.